The van der Waals surface area contributed by atoms with Gasteiger partial charge in [-0.25, -0.2) is 0 Å². The van der Waals surface area contributed by atoms with Crippen LogP contribution in [0.4, 0.5) is 0 Å². The number of carbonyl (C=O) groups excluding carboxylic acids is 2. The van der Waals surface area contributed by atoms with Crippen LogP contribution in [-0.2, 0) is 11.2 Å². The van der Waals surface area contributed by atoms with E-state index in [1.54, 1.807) is 30.3 Å². The summed E-state index contributed by atoms with van der Waals surface area (Å²) in [6, 6.07) is 17.1. The fourth-order valence-corrected chi connectivity index (χ4v) is 3.37. The van der Waals surface area contributed by atoms with Crippen LogP contribution in [0, 0.1) is 0 Å². The van der Waals surface area contributed by atoms with Gasteiger partial charge in [0.2, 0.25) is 5.91 Å². The van der Waals surface area contributed by atoms with Gasteiger partial charge in [0, 0.05) is 22.0 Å². The molecule has 2 amide bonds. The van der Waals surface area contributed by atoms with E-state index in [0.717, 1.165) is 10.8 Å². The molecule has 0 aromatic heterocycles. The second-order valence-electron chi connectivity index (χ2n) is 5.86. The van der Waals surface area contributed by atoms with Crippen LogP contribution in [0.5, 0.6) is 0 Å². The second-order valence-corrected chi connectivity index (χ2v) is 6.67. The third-order valence-corrected chi connectivity index (χ3v) is 4.86. The smallest absolute Gasteiger partial charge is 0.252 e. The van der Waals surface area contributed by atoms with E-state index in [0.29, 0.717) is 21.2 Å². The Balaban J connectivity index is 1.88. The summed E-state index contributed by atoms with van der Waals surface area (Å²) < 4.78 is 0. The number of fused-ring (bicyclic) bond motifs is 1. The quantitative estimate of drug-likeness (QED) is 0.695. The van der Waals surface area contributed by atoms with Crippen molar-refractivity contribution in [2.45, 2.75) is 12.5 Å². The Morgan fingerprint density at radius 3 is 2.23 bits per heavy atom. The molecule has 0 aliphatic rings. The first-order valence-corrected chi connectivity index (χ1v) is 8.74. The van der Waals surface area contributed by atoms with Gasteiger partial charge in [0.25, 0.3) is 5.91 Å². The molecule has 4 nitrogen and oxygen atoms in total. The van der Waals surface area contributed by atoms with Crippen molar-refractivity contribution in [3.8, 4) is 0 Å². The van der Waals surface area contributed by atoms with E-state index in [-0.39, 0.29) is 12.3 Å². The molecule has 0 saturated carbocycles. The largest absolute Gasteiger partial charge is 0.368 e. The van der Waals surface area contributed by atoms with Crippen LogP contribution < -0.4 is 11.1 Å². The van der Waals surface area contributed by atoms with Crippen LogP contribution in [0.3, 0.4) is 0 Å². The summed E-state index contributed by atoms with van der Waals surface area (Å²) in [5.74, 6) is -1.04. The zero-order valence-corrected chi connectivity index (χ0v) is 15.2. The zero-order valence-electron chi connectivity index (χ0n) is 13.7. The highest BCUT2D eigenvalue weighted by Crippen LogP contribution is 2.26. The summed E-state index contributed by atoms with van der Waals surface area (Å²) in [6.45, 7) is 0. The Labute approximate surface area is 160 Å². The van der Waals surface area contributed by atoms with Crippen molar-refractivity contribution in [3.63, 3.8) is 0 Å². The molecule has 0 bridgehead atoms. The van der Waals surface area contributed by atoms with E-state index in [9.17, 15) is 9.59 Å². The average molecular weight is 387 g/mol. The predicted octanol–water partition coefficient (Wildman–Crippen LogP) is 3.97. The Morgan fingerprint density at radius 1 is 0.923 bits per heavy atom. The number of rotatable bonds is 5. The van der Waals surface area contributed by atoms with Crippen molar-refractivity contribution in [3.05, 3.63) is 81.8 Å². The van der Waals surface area contributed by atoms with Crippen LogP contribution in [0.1, 0.15) is 15.9 Å². The maximum Gasteiger partial charge on any atom is 0.252 e. The molecule has 6 heteroatoms. The van der Waals surface area contributed by atoms with Crippen molar-refractivity contribution < 1.29 is 9.59 Å². The zero-order chi connectivity index (χ0) is 18.7. The summed E-state index contributed by atoms with van der Waals surface area (Å²) in [6.07, 6.45) is 0.115. The third kappa shape index (κ3) is 3.82. The molecule has 3 aromatic rings. The van der Waals surface area contributed by atoms with Crippen LogP contribution in [0.2, 0.25) is 10.0 Å². The van der Waals surface area contributed by atoms with E-state index < -0.39 is 11.9 Å². The molecule has 3 aromatic carbocycles. The minimum absolute atomic E-state index is 0.115. The fourth-order valence-electron chi connectivity index (χ4n) is 2.81. The van der Waals surface area contributed by atoms with Gasteiger partial charge in [0.05, 0.1) is 0 Å². The normalized spacial score (nSPS) is 11.9. The van der Waals surface area contributed by atoms with E-state index in [1.165, 1.54) is 0 Å². The standard InChI is InChI=1S/C20H16Cl2N2O2/c21-16-9-4-10-17(22)15(16)11-18(19(23)25)24-20(26)14-8-3-6-12-5-1-2-7-13(12)14/h1-10,18H,11H2,(H2,23,25)(H,24,26)/t18-/m0/s1. The lowest BCUT2D eigenvalue weighted by atomic mass is 10.0. The molecule has 0 aliphatic carbocycles. The Hall–Kier alpha value is -2.56. The van der Waals surface area contributed by atoms with Crippen LogP contribution in [-0.4, -0.2) is 17.9 Å². The van der Waals surface area contributed by atoms with Gasteiger partial charge in [0.1, 0.15) is 6.04 Å². The molecule has 0 heterocycles. The van der Waals surface area contributed by atoms with Crippen LogP contribution in [0.15, 0.2) is 60.7 Å². The molecule has 132 valence electrons. The summed E-state index contributed by atoms with van der Waals surface area (Å²) in [4.78, 5) is 24.6. The number of amides is 2. The predicted molar refractivity (Wildman–Crippen MR) is 105 cm³/mol. The second kappa shape index (κ2) is 7.77. The SMILES string of the molecule is NC(=O)[C@H](Cc1c(Cl)cccc1Cl)NC(=O)c1cccc2ccccc12. The first-order chi connectivity index (χ1) is 12.5. The van der Waals surface area contributed by atoms with Crippen molar-refractivity contribution >= 4 is 45.8 Å². The Bertz CT molecular complexity index is 963. The van der Waals surface area contributed by atoms with Gasteiger partial charge in [0.15, 0.2) is 0 Å². The average Bonchev–Trinajstić information content (AvgIpc) is 2.63. The van der Waals surface area contributed by atoms with Crippen molar-refractivity contribution in [2.75, 3.05) is 0 Å². The molecule has 26 heavy (non-hydrogen) atoms. The summed E-state index contributed by atoms with van der Waals surface area (Å²) in [5.41, 5.74) is 6.52. The van der Waals surface area contributed by atoms with Crippen molar-refractivity contribution in [1.82, 2.24) is 5.32 Å². The van der Waals surface area contributed by atoms with Gasteiger partial charge in [-0.1, -0.05) is 65.7 Å². The number of halogens is 2. The molecule has 0 fully saturated rings. The number of nitrogens with two attached hydrogens (primary N) is 1. The number of nitrogens with one attached hydrogen (secondary N) is 1. The van der Waals surface area contributed by atoms with Crippen molar-refractivity contribution in [2.24, 2.45) is 5.73 Å². The third-order valence-electron chi connectivity index (χ3n) is 4.15. The minimum Gasteiger partial charge on any atom is -0.368 e. The number of hydrogen-bond donors (Lipinski definition) is 2. The van der Waals surface area contributed by atoms with E-state index >= 15 is 0 Å². The number of benzene rings is 3. The molecule has 0 saturated heterocycles. The van der Waals surface area contributed by atoms with Gasteiger partial charge in [-0.2, -0.15) is 0 Å². The van der Waals surface area contributed by atoms with Gasteiger partial charge >= 0.3 is 0 Å². The van der Waals surface area contributed by atoms with Gasteiger partial charge < -0.3 is 11.1 Å². The van der Waals surface area contributed by atoms with Gasteiger partial charge in [-0.05, 0) is 34.5 Å². The van der Waals surface area contributed by atoms with Crippen LogP contribution >= 0.6 is 23.2 Å². The molecular formula is C20H16Cl2N2O2. The van der Waals surface area contributed by atoms with Gasteiger partial charge in [-0.3, -0.25) is 9.59 Å². The van der Waals surface area contributed by atoms with Crippen molar-refractivity contribution in [1.29, 1.82) is 0 Å². The van der Waals surface area contributed by atoms with E-state index in [1.807, 2.05) is 30.3 Å². The molecule has 0 radical (unpaired) electrons. The monoisotopic (exact) mass is 386 g/mol. The first kappa shape index (κ1) is 18.2. The highest BCUT2D eigenvalue weighted by atomic mass is 35.5. The lowest BCUT2D eigenvalue weighted by molar-refractivity contribution is -0.119. The molecule has 0 unspecified atom stereocenters. The Morgan fingerprint density at radius 2 is 1.54 bits per heavy atom. The molecule has 0 aliphatic heterocycles. The summed E-state index contributed by atoms with van der Waals surface area (Å²) in [5, 5.41) is 5.27. The number of hydrogen-bond acceptors (Lipinski definition) is 2. The molecule has 0 spiro atoms. The highest BCUT2D eigenvalue weighted by molar-refractivity contribution is 6.36. The molecule has 1 atom stereocenters. The highest BCUT2D eigenvalue weighted by Gasteiger charge is 2.22. The maximum atomic E-state index is 12.7. The molecule has 3 N–H and O–H groups in total. The number of carbonyl (C=O) groups is 2. The lowest BCUT2D eigenvalue weighted by Crippen LogP contribution is -2.46. The van der Waals surface area contributed by atoms with Gasteiger partial charge in [-0.15, -0.1) is 0 Å². The molecular weight excluding hydrogens is 371 g/mol. The maximum absolute atomic E-state index is 12.7. The first-order valence-electron chi connectivity index (χ1n) is 7.98. The topological polar surface area (TPSA) is 72.2 Å². The number of primary amides is 1. The summed E-state index contributed by atoms with van der Waals surface area (Å²) >= 11 is 12.3. The fraction of sp³-hybridized carbons (Fsp3) is 0.100. The molecule has 3 rings (SSSR count). The lowest BCUT2D eigenvalue weighted by Gasteiger charge is -2.18. The van der Waals surface area contributed by atoms with Crippen LogP contribution in [0.25, 0.3) is 10.8 Å². The van der Waals surface area contributed by atoms with E-state index in [2.05, 4.69) is 5.32 Å². The minimum atomic E-state index is -0.932. The van der Waals surface area contributed by atoms with E-state index in [4.69, 9.17) is 28.9 Å². The summed E-state index contributed by atoms with van der Waals surface area (Å²) in [7, 11) is 0. The Kier molecular flexibility index (Phi) is 5.45.